The van der Waals surface area contributed by atoms with Gasteiger partial charge in [0.2, 0.25) is 5.91 Å². The maximum Gasteiger partial charge on any atom is 0.244 e. The second-order valence-corrected chi connectivity index (χ2v) is 5.48. The summed E-state index contributed by atoms with van der Waals surface area (Å²) in [6.45, 7) is 1.14. The Kier molecular flexibility index (Phi) is 4.15. The number of para-hydroxylation sites is 1. The van der Waals surface area contributed by atoms with E-state index in [1.807, 2.05) is 30.1 Å². The minimum atomic E-state index is -0.358. The number of anilines is 1. The number of carbonyl (C=O) groups excluding carboxylic acids is 1. The lowest BCUT2D eigenvalue weighted by molar-refractivity contribution is -0.121. The molecule has 1 fully saturated rings. The lowest BCUT2D eigenvalue weighted by atomic mass is 10.2. The fourth-order valence-corrected chi connectivity index (χ4v) is 2.84. The van der Waals surface area contributed by atoms with Gasteiger partial charge in [0.15, 0.2) is 0 Å². The van der Waals surface area contributed by atoms with Gasteiger partial charge in [0.1, 0.15) is 5.82 Å². The second kappa shape index (κ2) is 6.23. The predicted molar refractivity (Wildman–Crippen MR) is 82.9 cm³/mol. The Labute approximate surface area is 129 Å². The number of halogens is 1. The Hall–Kier alpha value is -2.27. The Morgan fingerprint density at radius 2 is 2.05 bits per heavy atom. The predicted octanol–water partition coefficient (Wildman–Crippen LogP) is 2.46. The van der Waals surface area contributed by atoms with Crippen LogP contribution >= 0.6 is 0 Å². The second-order valence-electron chi connectivity index (χ2n) is 5.48. The number of rotatable bonds is 4. The topological polar surface area (TPSA) is 36.4 Å². The summed E-state index contributed by atoms with van der Waals surface area (Å²) < 4.78 is 13.9. The molecule has 2 heterocycles. The smallest absolute Gasteiger partial charge is 0.244 e. The molecule has 0 radical (unpaired) electrons. The molecule has 1 aromatic carbocycles. The summed E-state index contributed by atoms with van der Waals surface area (Å²) in [6.07, 6.45) is 2.43. The number of nitrogens with zero attached hydrogens (tertiary/aromatic N) is 3. The van der Waals surface area contributed by atoms with Gasteiger partial charge in [0.25, 0.3) is 0 Å². The van der Waals surface area contributed by atoms with Gasteiger partial charge in [-0.25, -0.2) is 4.39 Å². The van der Waals surface area contributed by atoms with Crippen LogP contribution in [0.25, 0.3) is 0 Å². The fourth-order valence-electron chi connectivity index (χ4n) is 2.84. The molecule has 0 bridgehead atoms. The van der Waals surface area contributed by atoms with Gasteiger partial charge in [0, 0.05) is 19.3 Å². The Balaban J connectivity index is 1.72. The Morgan fingerprint density at radius 1 is 1.27 bits per heavy atom. The molecule has 3 rings (SSSR count). The zero-order chi connectivity index (χ0) is 15.5. The van der Waals surface area contributed by atoms with Crippen molar-refractivity contribution in [2.45, 2.75) is 19.0 Å². The molecule has 0 N–H and O–H groups in total. The molecule has 1 aliphatic heterocycles. The van der Waals surface area contributed by atoms with E-state index in [0.29, 0.717) is 25.2 Å². The van der Waals surface area contributed by atoms with Crippen molar-refractivity contribution < 1.29 is 9.18 Å². The minimum Gasteiger partial charge on any atom is -0.308 e. The van der Waals surface area contributed by atoms with Gasteiger partial charge >= 0.3 is 0 Å². The molecule has 1 saturated heterocycles. The van der Waals surface area contributed by atoms with Gasteiger partial charge in [-0.05, 0) is 37.7 Å². The zero-order valence-corrected chi connectivity index (χ0v) is 12.4. The van der Waals surface area contributed by atoms with Crippen molar-refractivity contribution in [3.63, 3.8) is 0 Å². The molecule has 1 atom stereocenters. The molecule has 114 valence electrons. The Bertz CT molecular complexity index is 662. The summed E-state index contributed by atoms with van der Waals surface area (Å²) in [4.78, 5) is 20.4. The highest BCUT2D eigenvalue weighted by Crippen LogP contribution is 2.26. The number of pyridine rings is 1. The van der Waals surface area contributed by atoms with Crippen LogP contribution in [0.5, 0.6) is 0 Å². The highest BCUT2D eigenvalue weighted by atomic mass is 19.1. The minimum absolute atomic E-state index is 0.0523. The maximum absolute atomic E-state index is 13.9. The van der Waals surface area contributed by atoms with Gasteiger partial charge in [0.05, 0.1) is 17.4 Å². The van der Waals surface area contributed by atoms with Crippen LogP contribution in [0.3, 0.4) is 0 Å². The third kappa shape index (κ3) is 2.85. The average Bonchev–Trinajstić information content (AvgIpc) is 2.90. The molecule has 2 aromatic rings. The molecular weight excluding hydrogens is 281 g/mol. The summed E-state index contributed by atoms with van der Waals surface area (Å²) >= 11 is 0. The molecule has 5 heteroatoms. The van der Waals surface area contributed by atoms with Gasteiger partial charge in [-0.15, -0.1) is 0 Å². The number of aromatic nitrogens is 1. The van der Waals surface area contributed by atoms with E-state index < -0.39 is 0 Å². The Morgan fingerprint density at radius 3 is 2.77 bits per heavy atom. The molecule has 1 aromatic heterocycles. The number of carbonyl (C=O) groups is 1. The van der Waals surface area contributed by atoms with E-state index in [-0.39, 0.29) is 17.8 Å². The first-order valence-electron chi connectivity index (χ1n) is 7.33. The van der Waals surface area contributed by atoms with E-state index in [1.54, 1.807) is 24.4 Å². The average molecular weight is 299 g/mol. The lowest BCUT2D eigenvalue weighted by Gasteiger charge is -2.23. The van der Waals surface area contributed by atoms with Crippen LogP contribution in [-0.2, 0) is 11.3 Å². The van der Waals surface area contributed by atoms with Crippen LogP contribution in [0.15, 0.2) is 48.7 Å². The third-order valence-electron chi connectivity index (χ3n) is 3.99. The van der Waals surface area contributed by atoms with Gasteiger partial charge in [-0.3, -0.25) is 14.7 Å². The van der Waals surface area contributed by atoms with Crippen molar-refractivity contribution in [1.82, 2.24) is 9.88 Å². The van der Waals surface area contributed by atoms with Crippen molar-refractivity contribution in [3.05, 3.63) is 60.2 Å². The monoisotopic (exact) mass is 299 g/mol. The van der Waals surface area contributed by atoms with Crippen molar-refractivity contribution >= 4 is 11.6 Å². The van der Waals surface area contributed by atoms with Crippen LogP contribution in [0.2, 0.25) is 0 Å². The molecule has 4 nitrogen and oxygen atoms in total. The lowest BCUT2D eigenvalue weighted by Crippen LogP contribution is -2.39. The summed E-state index contributed by atoms with van der Waals surface area (Å²) in [6, 6.07) is 11.9. The molecule has 1 amide bonds. The number of hydrogen-bond donors (Lipinski definition) is 0. The zero-order valence-electron chi connectivity index (χ0n) is 12.4. The SMILES string of the molecule is CN(Cc1ccccn1)C1CCN(c2ccccc2F)C1=O. The highest BCUT2D eigenvalue weighted by Gasteiger charge is 2.36. The van der Waals surface area contributed by atoms with Crippen molar-refractivity contribution in [3.8, 4) is 0 Å². The first kappa shape index (κ1) is 14.7. The van der Waals surface area contributed by atoms with Crippen LogP contribution in [-0.4, -0.2) is 35.4 Å². The van der Waals surface area contributed by atoms with Crippen LogP contribution in [0.4, 0.5) is 10.1 Å². The van der Waals surface area contributed by atoms with Crippen LogP contribution in [0.1, 0.15) is 12.1 Å². The largest absolute Gasteiger partial charge is 0.308 e. The fraction of sp³-hybridized carbons (Fsp3) is 0.294. The van der Waals surface area contributed by atoms with E-state index in [2.05, 4.69) is 4.98 Å². The van der Waals surface area contributed by atoms with Crippen molar-refractivity contribution in [2.24, 2.45) is 0 Å². The maximum atomic E-state index is 13.9. The van der Waals surface area contributed by atoms with Gasteiger partial charge in [-0.2, -0.15) is 0 Å². The molecular formula is C17H18FN3O. The number of hydrogen-bond acceptors (Lipinski definition) is 3. The summed E-state index contributed by atoms with van der Waals surface area (Å²) in [5.74, 6) is -0.410. The van der Waals surface area contributed by atoms with Gasteiger partial charge in [-0.1, -0.05) is 18.2 Å². The molecule has 0 spiro atoms. The van der Waals surface area contributed by atoms with E-state index in [4.69, 9.17) is 0 Å². The molecule has 1 aliphatic rings. The van der Waals surface area contributed by atoms with Crippen LogP contribution in [0, 0.1) is 5.82 Å². The van der Waals surface area contributed by atoms with Crippen LogP contribution < -0.4 is 4.90 Å². The summed E-state index contributed by atoms with van der Waals surface area (Å²) in [7, 11) is 1.90. The number of benzene rings is 1. The highest BCUT2D eigenvalue weighted by molar-refractivity contribution is 5.99. The first-order chi connectivity index (χ1) is 10.7. The molecule has 22 heavy (non-hydrogen) atoms. The first-order valence-corrected chi connectivity index (χ1v) is 7.33. The summed E-state index contributed by atoms with van der Waals surface area (Å²) in [5, 5.41) is 0. The molecule has 0 saturated carbocycles. The van der Waals surface area contributed by atoms with E-state index in [9.17, 15) is 9.18 Å². The van der Waals surface area contributed by atoms with Gasteiger partial charge < -0.3 is 4.90 Å². The number of likely N-dealkylation sites (N-methyl/N-ethyl adjacent to an activating group) is 1. The third-order valence-corrected chi connectivity index (χ3v) is 3.99. The molecule has 0 aliphatic carbocycles. The number of amides is 1. The van der Waals surface area contributed by atoms with E-state index in [1.165, 1.54) is 11.0 Å². The van der Waals surface area contributed by atoms with E-state index in [0.717, 1.165) is 5.69 Å². The van der Waals surface area contributed by atoms with Crippen molar-refractivity contribution in [1.29, 1.82) is 0 Å². The van der Waals surface area contributed by atoms with E-state index >= 15 is 0 Å². The normalized spacial score (nSPS) is 18.2. The summed E-state index contributed by atoms with van der Waals surface area (Å²) in [5.41, 5.74) is 1.28. The standard InChI is InChI=1S/C17H18FN3O/c1-20(12-13-6-4-5-10-19-13)16-9-11-21(17(16)22)15-8-3-2-7-14(15)18/h2-8,10,16H,9,11-12H2,1H3. The quantitative estimate of drug-likeness (QED) is 0.870. The van der Waals surface area contributed by atoms with Crippen molar-refractivity contribution in [2.75, 3.05) is 18.5 Å². The molecule has 1 unspecified atom stereocenters.